The van der Waals surface area contributed by atoms with Gasteiger partial charge in [-0.05, 0) is 115 Å². The SMILES string of the molecule is CC#N.COC(=O)C1=C(C(=O)OC)[C@H]2c3ccc4cc3[C@@H]1c1ccc(cc12)OCc1ccc(cc1)COc1ccc2c(c1)[C@H]1C(C(=O)OC)=C(C(=O)OC)[C@@H]2c2cc(ccc21)OCc1ccc(cc1)CO4. The van der Waals surface area contributed by atoms with E-state index in [9.17, 15) is 19.2 Å². The molecule has 0 saturated carbocycles. The molecule has 0 radical (unpaired) electrons. The number of carbonyl (C=O) groups excluding carboxylic acids is 4. The molecule has 0 N–H and O–H groups in total. The van der Waals surface area contributed by atoms with E-state index in [2.05, 4.69) is 0 Å². The molecule has 0 amide bonds. The summed E-state index contributed by atoms with van der Waals surface area (Å²) >= 11 is 0. The second-order valence-electron chi connectivity index (χ2n) is 17.5. The molecule has 0 fully saturated rings. The fraction of sp³-hybridized carbons (Fsp3) is 0.224. The third-order valence-electron chi connectivity index (χ3n) is 13.7. The Balaban J connectivity index is 0.00000189. The summed E-state index contributed by atoms with van der Waals surface area (Å²) in [6.45, 7) is 2.51. The highest BCUT2D eigenvalue weighted by atomic mass is 16.5. The van der Waals surface area contributed by atoms with Crippen LogP contribution in [-0.4, -0.2) is 52.3 Å². The van der Waals surface area contributed by atoms with Gasteiger partial charge in [0, 0.05) is 30.6 Å². The molecule has 28 rings (SSSR count). The Morgan fingerprint density at radius 1 is 0.380 bits per heavy atom. The van der Waals surface area contributed by atoms with Gasteiger partial charge in [-0.1, -0.05) is 72.8 Å². The second kappa shape index (κ2) is 19.0. The average molecular weight is 950 g/mol. The number of nitrogens with zero attached hydrogens (tertiary/aromatic N) is 1. The van der Waals surface area contributed by atoms with E-state index >= 15 is 0 Å². The van der Waals surface area contributed by atoms with Gasteiger partial charge in [-0.2, -0.15) is 5.26 Å². The first kappa shape index (κ1) is 46.1. The zero-order valence-corrected chi connectivity index (χ0v) is 39.5. The number of esters is 4. The van der Waals surface area contributed by atoms with Crippen molar-refractivity contribution in [3.05, 3.63) is 210 Å². The fourth-order valence-electron chi connectivity index (χ4n) is 10.6. The molecular formula is C58H47NO12. The Morgan fingerprint density at radius 3 is 0.761 bits per heavy atom. The fourth-order valence-corrected chi connectivity index (χ4v) is 10.6. The van der Waals surface area contributed by atoms with Gasteiger partial charge in [-0.3, -0.25) is 0 Å². The van der Waals surface area contributed by atoms with Gasteiger partial charge in [0.25, 0.3) is 0 Å². The van der Waals surface area contributed by atoms with E-state index in [4.69, 9.17) is 43.2 Å². The Kier molecular flexibility index (Phi) is 12.4. The Hall–Kier alpha value is -8.63. The number of nitriles is 1. The van der Waals surface area contributed by atoms with Crippen LogP contribution >= 0.6 is 0 Å². The number of rotatable bonds is 4. The van der Waals surface area contributed by atoms with E-state index in [0.717, 1.165) is 66.8 Å². The van der Waals surface area contributed by atoms with Crippen LogP contribution in [0.3, 0.4) is 0 Å². The molecule has 0 aromatic heterocycles. The monoisotopic (exact) mass is 949 g/mol. The summed E-state index contributed by atoms with van der Waals surface area (Å²) in [7, 11) is 5.25. The van der Waals surface area contributed by atoms with Gasteiger partial charge in [0.1, 0.15) is 49.4 Å². The van der Waals surface area contributed by atoms with Crippen LogP contribution in [0.15, 0.2) is 144 Å². The second-order valence-corrected chi connectivity index (χ2v) is 17.5. The van der Waals surface area contributed by atoms with Crippen molar-refractivity contribution in [3.63, 3.8) is 0 Å². The zero-order valence-electron chi connectivity index (χ0n) is 39.5. The maximum absolute atomic E-state index is 13.6. The van der Waals surface area contributed by atoms with Gasteiger partial charge in [-0.15, -0.1) is 0 Å². The molecular weight excluding hydrogens is 903 g/mol. The summed E-state index contributed by atoms with van der Waals surface area (Å²) < 4.78 is 46.6. The predicted molar refractivity (Wildman–Crippen MR) is 257 cm³/mol. The lowest BCUT2D eigenvalue weighted by molar-refractivity contribution is -0.140. The number of methoxy groups -OCH3 is 4. The molecule has 6 aliphatic carbocycles. The first-order valence-electron chi connectivity index (χ1n) is 22.9. The summed E-state index contributed by atoms with van der Waals surface area (Å²) in [6.07, 6.45) is 0. The lowest BCUT2D eigenvalue weighted by Crippen LogP contribution is -2.35. The topological polar surface area (TPSA) is 166 Å². The molecule has 0 saturated heterocycles. The van der Waals surface area contributed by atoms with Crippen LogP contribution in [0.1, 0.15) is 97.4 Å². The van der Waals surface area contributed by atoms with Crippen molar-refractivity contribution in [1.82, 2.24) is 0 Å². The summed E-state index contributed by atoms with van der Waals surface area (Å²) in [5.41, 5.74) is 11.6. The molecule has 13 heteroatoms. The highest BCUT2D eigenvalue weighted by Crippen LogP contribution is 2.59. The molecule has 4 atom stereocenters. The molecule has 22 aliphatic rings. The third-order valence-corrected chi connectivity index (χ3v) is 13.7. The Bertz CT molecular complexity index is 2850. The largest absolute Gasteiger partial charge is 0.489 e. The molecule has 20 bridgehead atoms. The van der Waals surface area contributed by atoms with Gasteiger partial charge in [0.15, 0.2) is 0 Å². The van der Waals surface area contributed by atoms with Crippen LogP contribution in [-0.2, 0) is 64.6 Å². The van der Waals surface area contributed by atoms with Crippen molar-refractivity contribution >= 4 is 23.9 Å². The molecule has 356 valence electrons. The molecule has 0 spiro atoms. The lowest BCUT2D eigenvalue weighted by Gasteiger charge is -2.42. The zero-order chi connectivity index (χ0) is 49.5. The average Bonchev–Trinajstić information content (AvgIpc) is 3.41. The number of benzene rings is 6. The molecule has 6 aromatic rings. The van der Waals surface area contributed by atoms with E-state index in [-0.39, 0.29) is 48.7 Å². The third kappa shape index (κ3) is 8.10. The van der Waals surface area contributed by atoms with Gasteiger partial charge in [0.2, 0.25) is 0 Å². The molecule has 6 aromatic carbocycles. The standard InChI is InChI=1S/C56H44O12.C2H3N/c1-61-53(57)49-45-37-17-13-34-22-42(37)46(50(49)54(58)62-2)38-18-14-33(21-41(38)45)65-25-29-5-7-31(8-6-29)27-67-35-15-19-39-43(23-35)47-40-20-16-36(68-28-32-11-9-30(10-12-32)26-66-34)24-44(40)48(39)52(56(60)64-4)51(47)55(59)63-3;1-2-3/h5-24,45-48H,25-28H2,1-4H3;1H3/t45-,46-,47-,48-;/m0./s1. The van der Waals surface area contributed by atoms with Crippen LogP contribution in [0.2, 0.25) is 0 Å². The van der Waals surface area contributed by atoms with Gasteiger partial charge in [0.05, 0.1) is 56.8 Å². The van der Waals surface area contributed by atoms with E-state index in [0.29, 0.717) is 23.0 Å². The summed E-state index contributed by atoms with van der Waals surface area (Å²) in [5, 5.41) is 7.32. The van der Waals surface area contributed by atoms with E-state index in [1.165, 1.54) is 35.4 Å². The van der Waals surface area contributed by atoms with Gasteiger partial charge < -0.3 is 37.9 Å². The van der Waals surface area contributed by atoms with Crippen molar-refractivity contribution in [1.29, 1.82) is 5.26 Å². The van der Waals surface area contributed by atoms with E-state index in [1.807, 2.05) is 121 Å². The first-order chi connectivity index (χ1) is 34.6. The van der Waals surface area contributed by atoms with Crippen LogP contribution in [0, 0.1) is 11.3 Å². The van der Waals surface area contributed by atoms with Gasteiger partial charge >= 0.3 is 23.9 Å². The summed E-state index contributed by atoms with van der Waals surface area (Å²) in [4.78, 5) is 54.3. The molecule has 16 heterocycles. The van der Waals surface area contributed by atoms with Crippen molar-refractivity contribution in [2.75, 3.05) is 28.4 Å². The molecule has 13 nitrogen and oxygen atoms in total. The minimum Gasteiger partial charge on any atom is -0.489 e. The minimum absolute atomic E-state index is 0.249. The Morgan fingerprint density at radius 2 is 0.577 bits per heavy atom. The predicted octanol–water partition coefficient (Wildman–Crippen LogP) is 9.31. The van der Waals surface area contributed by atoms with Gasteiger partial charge in [-0.25, -0.2) is 19.2 Å². The smallest absolute Gasteiger partial charge is 0.335 e. The van der Waals surface area contributed by atoms with E-state index in [1.54, 1.807) is 6.07 Å². The maximum Gasteiger partial charge on any atom is 0.335 e. The van der Waals surface area contributed by atoms with E-state index < -0.39 is 47.5 Å². The first-order valence-corrected chi connectivity index (χ1v) is 22.9. The number of carbonyl (C=O) groups is 4. The molecule has 16 aliphatic heterocycles. The molecule has 0 unspecified atom stereocenters. The summed E-state index contributed by atoms with van der Waals surface area (Å²) in [5.74, 6) is -2.44. The van der Waals surface area contributed by atoms with Crippen LogP contribution < -0.4 is 18.9 Å². The quantitative estimate of drug-likeness (QED) is 0.121. The normalized spacial score (nSPS) is 18.5. The van der Waals surface area contributed by atoms with Crippen molar-refractivity contribution in [3.8, 4) is 29.1 Å². The number of ether oxygens (including phenoxy) is 8. The van der Waals surface area contributed by atoms with Crippen molar-refractivity contribution < 1.29 is 57.1 Å². The van der Waals surface area contributed by atoms with Crippen LogP contribution in [0.5, 0.6) is 23.0 Å². The highest BCUT2D eigenvalue weighted by molar-refractivity contribution is 6.07. The highest BCUT2D eigenvalue weighted by Gasteiger charge is 2.50. The number of hydrogen-bond donors (Lipinski definition) is 0. The molecule has 71 heavy (non-hydrogen) atoms. The van der Waals surface area contributed by atoms with Crippen LogP contribution in [0.4, 0.5) is 0 Å². The lowest BCUT2D eigenvalue weighted by atomic mass is 9.61. The minimum atomic E-state index is -0.614. The Labute approximate surface area is 409 Å². The number of hydrogen-bond acceptors (Lipinski definition) is 13. The van der Waals surface area contributed by atoms with Crippen molar-refractivity contribution in [2.45, 2.75) is 57.0 Å². The van der Waals surface area contributed by atoms with Crippen molar-refractivity contribution in [2.24, 2.45) is 0 Å². The van der Waals surface area contributed by atoms with Crippen LogP contribution in [0.25, 0.3) is 0 Å². The maximum atomic E-state index is 13.6. The summed E-state index contributed by atoms with van der Waals surface area (Å²) in [6, 6.07) is 40.7.